The Bertz CT molecular complexity index is 1550. The van der Waals surface area contributed by atoms with Gasteiger partial charge in [-0.15, -0.1) is 0 Å². The molecule has 0 aliphatic carbocycles. The highest BCUT2D eigenvalue weighted by molar-refractivity contribution is 7.89. The van der Waals surface area contributed by atoms with E-state index in [1.165, 1.54) is 12.1 Å². The summed E-state index contributed by atoms with van der Waals surface area (Å²) in [5, 5.41) is 2.76. The molecule has 39 heavy (non-hydrogen) atoms. The number of carbonyl (C=O) groups is 2. The number of rotatable bonds is 8. The summed E-state index contributed by atoms with van der Waals surface area (Å²) in [6.07, 6.45) is 0. The van der Waals surface area contributed by atoms with E-state index < -0.39 is 33.5 Å². The van der Waals surface area contributed by atoms with Crippen LogP contribution in [0, 0.1) is 5.92 Å². The van der Waals surface area contributed by atoms with E-state index in [9.17, 15) is 18.0 Å². The normalized spacial score (nSPS) is 12.9. The highest BCUT2D eigenvalue weighted by Crippen LogP contribution is 2.24. The number of fused-ring (bicyclic) bond motifs is 1. The smallest absolute Gasteiger partial charge is 0.324 e. The molecule has 0 bridgehead atoms. The van der Waals surface area contributed by atoms with Crippen molar-refractivity contribution in [3.8, 4) is 11.1 Å². The van der Waals surface area contributed by atoms with Gasteiger partial charge >= 0.3 is 11.9 Å². The third-order valence-electron chi connectivity index (χ3n) is 5.74. The molecule has 3 aromatic carbocycles. The van der Waals surface area contributed by atoms with Crippen molar-refractivity contribution in [2.75, 3.05) is 5.32 Å². The van der Waals surface area contributed by atoms with Gasteiger partial charge in [0.15, 0.2) is 5.58 Å². The highest BCUT2D eigenvalue weighted by Gasteiger charge is 2.32. The Hall–Kier alpha value is -4.02. The molecular formula is C29H31N3O6S. The van der Waals surface area contributed by atoms with Crippen molar-refractivity contribution >= 4 is 38.7 Å². The summed E-state index contributed by atoms with van der Waals surface area (Å²) < 4.78 is 39.4. The maximum absolute atomic E-state index is 13.0. The van der Waals surface area contributed by atoms with Crippen molar-refractivity contribution in [2.24, 2.45) is 5.92 Å². The van der Waals surface area contributed by atoms with Crippen LogP contribution in [-0.2, 0) is 19.6 Å². The van der Waals surface area contributed by atoms with Gasteiger partial charge in [0.2, 0.25) is 10.0 Å². The fourth-order valence-electron chi connectivity index (χ4n) is 3.78. The van der Waals surface area contributed by atoms with Crippen molar-refractivity contribution in [3.63, 3.8) is 0 Å². The number of ether oxygens (including phenoxy) is 1. The number of aromatic nitrogens is 1. The second-order valence-corrected chi connectivity index (χ2v) is 12.1. The third kappa shape index (κ3) is 6.90. The Kier molecular flexibility index (Phi) is 7.89. The molecule has 4 rings (SSSR count). The molecule has 0 saturated carbocycles. The van der Waals surface area contributed by atoms with Crippen molar-refractivity contribution in [1.29, 1.82) is 0 Å². The Morgan fingerprint density at radius 2 is 1.49 bits per heavy atom. The summed E-state index contributed by atoms with van der Waals surface area (Å²) in [6.45, 7) is 8.69. The molecule has 0 spiro atoms. The maximum atomic E-state index is 13.0. The van der Waals surface area contributed by atoms with E-state index in [0.717, 1.165) is 11.1 Å². The fourth-order valence-corrected chi connectivity index (χ4v) is 5.12. The molecular weight excluding hydrogens is 518 g/mol. The molecule has 0 saturated heterocycles. The summed E-state index contributed by atoms with van der Waals surface area (Å²) in [5.74, 6) is -1.43. The minimum Gasteiger partial charge on any atom is -0.459 e. The van der Waals surface area contributed by atoms with Crippen LogP contribution >= 0.6 is 0 Å². The van der Waals surface area contributed by atoms with Crippen LogP contribution in [-0.4, -0.2) is 36.9 Å². The topological polar surface area (TPSA) is 128 Å². The van der Waals surface area contributed by atoms with Crippen LogP contribution in [0.5, 0.6) is 0 Å². The SMILES string of the molecule is CC(C)[C@H](NS(=O)(=O)c1ccc(-c2ccc(NC(=O)c3nc4ccccc4o3)cc2)cc1)C(=O)OC(C)(C)C. The van der Waals surface area contributed by atoms with Crippen LogP contribution in [0.2, 0.25) is 0 Å². The quantitative estimate of drug-likeness (QED) is 0.282. The van der Waals surface area contributed by atoms with Gasteiger partial charge in [0.25, 0.3) is 5.89 Å². The average molecular weight is 550 g/mol. The molecule has 1 heterocycles. The number of hydrogen-bond acceptors (Lipinski definition) is 7. The first-order valence-electron chi connectivity index (χ1n) is 12.4. The Morgan fingerprint density at radius 3 is 2.05 bits per heavy atom. The van der Waals surface area contributed by atoms with E-state index in [2.05, 4.69) is 15.0 Å². The lowest BCUT2D eigenvalue weighted by atomic mass is 10.1. The first kappa shape index (κ1) is 28.0. The van der Waals surface area contributed by atoms with Crippen LogP contribution in [0.3, 0.4) is 0 Å². The van der Waals surface area contributed by atoms with Crippen LogP contribution in [0.25, 0.3) is 22.2 Å². The lowest BCUT2D eigenvalue weighted by Gasteiger charge is -2.26. The van der Waals surface area contributed by atoms with Gasteiger partial charge in [-0.2, -0.15) is 4.72 Å². The van der Waals surface area contributed by atoms with E-state index in [-0.39, 0.29) is 16.7 Å². The molecule has 0 aliphatic rings. The Morgan fingerprint density at radius 1 is 0.897 bits per heavy atom. The molecule has 1 aromatic heterocycles. The lowest BCUT2D eigenvalue weighted by Crippen LogP contribution is -2.47. The van der Waals surface area contributed by atoms with Crippen molar-refractivity contribution < 1.29 is 27.2 Å². The summed E-state index contributed by atoms with van der Waals surface area (Å²) in [5.41, 5.74) is 2.54. The van der Waals surface area contributed by atoms with E-state index in [0.29, 0.717) is 16.8 Å². The largest absolute Gasteiger partial charge is 0.459 e. The van der Waals surface area contributed by atoms with Gasteiger partial charge in [-0.1, -0.05) is 50.2 Å². The molecule has 204 valence electrons. The number of hydrogen-bond donors (Lipinski definition) is 2. The molecule has 1 atom stereocenters. The van der Waals surface area contributed by atoms with Gasteiger partial charge in [0, 0.05) is 5.69 Å². The second kappa shape index (κ2) is 11.0. The number of amides is 1. The minimum absolute atomic E-state index is 0.0303. The van der Waals surface area contributed by atoms with Gasteiger partial charge in [0.1, 0.15) is 17.2 Å². The molecule has 0 unspecified atom stereocenters. The summed E-state index contributed by atoms with van der Waals surface area (Å²) in [6, 6.07) is 19.5. The predicted octanol–water partition coefficient (Wildman–Crippen LogP) is 5.39. The van der Waals surface area contributed by atoms with Crippen molar-refractivity contribution in [1.82, 2.24) is 9.71 Å². The van der Waals surface area contributed by atoms with Crippen LogP contribution < -0.4 is 10.0 Å². The maximum Gasteiger partial charge on any atom is 0.324 e. The summed E-state index contributed by atoms with van der Waals surface area (Å²) >= 11 is 0. The van der Waals surface area contributed by atoms with E-state index in [1.807, 2.05) is 6.07 Å². The zero-order valence-corrected chi connectivity index (χ0v) is 23.2. The van der Waals surface area contributed by atoms with Gasteiger partial charge in [-0.25, -0.2) is 13.4 Å². The van der Waals surface area contributed by atoms with E-state index >= 15 is 0 Å². The molecule has 10 heteroatoms. The number of oxazole rings is 1. The Labute approximate surface area is 227 Å². The minimum atomic E-state index is -3.97. The van der Waals surface area contributed by atoms with Crippen LogP contribution in [0.4, 0.5) is 5.69 Å². The van der Waals surface area contributed by atoms with Gasteiger partial charge in [0.05, 0.1) is 4.90 Å². The van der Waals surface area contributed by atoms with Crippen molar-refractivity contribution in [3.05, 3.63) is 78.7 Å². The van der Waals surface area contributed by atoms with E-state index in [1.54, 1.807) is 89.2 Å². The van der Waals surface area contributed by atoms with Crippen molar-refractivity contribution in [2.45, 2.75) is 51.2 Å². The standard InChI is InChI=1S/C29H31N3O6S/c1-18(2)25(28(34)38-29(3,4)5)32-39(35,36)22-16-12-20(13-17-22)19-10-14-21(15-11-19)30-26(33)27-31-23-8-6-7-9-24(23)37-27/h6-18,25,32H,1-5H3,(H,30,33)/t25-/m0/s1. The molecule has 9 nitrogen and oxygen atoms in total. The number of nitrogens with one attached hydrogen (secondary N) is 2. The molecule has 0 aliphatic heterocycles. The summed E-state index contributed by atoms with van der Waals surface area (Å²) in [7, 11) is -3.97. The first-order valence-corrected chi connectivity index (χ1v) is 13.9. The zero-order chi connectivity index (χ0) is 28.4. The molecule has 0 radical (unpaired) electrons. The number of sulfonamides is 1. The van der Waals surface area contributed by atoms with E-state index in [4.69, 9.17) is 9.15 Å². The third-order valence-corrected chi connectivity index (χ3v) is 7.20. The summed E-state index contributed by atoms with van der Waals surface area (Å²) in [4.78, 5) is 29.3. The monoisotopic (exact) mass is 549 g/mol. The molecule has 0 fully saturated rings. The van der Waals surface area contributed by atoms with Gasteiger partial charge in [-0.05, 0) is 74.2 Å². The second-order valence-electron chi connectivity index (χ2n) is 10.4. The molecule has 2 N–H and O–H groups in total. The zero-order valence-electron chi connectivity index (χ0n) is 22.4. The van der Waals surface area contributed by atoms with Crippen LogP contribution in [0.15, 0.2) is 82.1 Å². The number of benzene rings is 3. The number of para-hydroxylation sites is 2. The first-order chi connectivity index (χ1) is 18.3. The van der Waals surface area contributed by atoms with Gasteiger partial charge in [-0.3, -0.25) is 9.59 Å². The fraction of sp³-hybridized carbons (Fsp3) is 0.276. The van der Waals surface area contributed by atoms with Gasteiger partial charge < -0.3 is 14.5 Å². The molecule has 4 aromatic rings. The number of carbonyl (C=O) groups excluding carboxylic acids is 2. The average Bonchev–Trinajstić information content (AvgIpc) is 3.31. The Balaban J connectivity index is 1.44. The van der Waals surface area contributed by atoms with Crippen LogP contribution in [0.1, 0.15) is 45.3 Å². The lowest BCUT2D eigenvalue weighted by molar-refractivity contribution is -0.158. The number of esters is 1. The highest BCUT2D eigenvalue weighted by atomic mass is 32.2. The number of nitrogens with zero attached hydrogens (tertiary/aromatic N) is 1. The number of anilines is 1. The predicted molar refractivity (Wildman–Crippen MR) is 149 cm³/mol. The molecule has 1 amide bonds.